The standard InChI is InChI=1S/C13H24N2/c1-3-15(2)7-6-14-10-13-9-11-4-5-12(13)8-11/h4-5,11-14H,3,6-10H2,1-2H3. The summed E-state index contributed by atoms with van der Waals surface area (Å²) in [4.78, 5) is 2.35. The monoisotopic (exact) mass is 208 g/mol. The highest BCUT2D eigenvalue weighted by Gasteiger charge is 2.34. The molecular formula is C13H24N2. The first kappa shape index (κ1) is 11.2. The van der Waals surface area contributed by atoms with E-state index < -0.39 is 0 Å². The van der Waals surface area contributed by atoms with Gasteiger partial charge in [-0.3, -0.25) is 0 Å². The van der Waals surface area contributed by atoms with Crippen molar-refractivity contribution in [3.63, 3.8) is 0 Å². The first-order chi connectivity index (χ1) is 7.29. The van der Waals surface area contributed by atoms with Crippen LogP contribution in [0.15, 0.2) is 12.2 Å². The van der Waals surface area contributed by atoms with Crippen molar-refractivity contribution in [2.45, 2.75) is 19.8 Å². The van der Waals surface area contributed by atoms with Crippen LogP contribution in [0.1, 0.15) is 19.8 Å². The van der Waals surface area contributed by atoms with E-state index in [0.717, 1.165) is 30.8 Å². The number of likely N-dealkylation sites (N-methyl/N-ethyl adjacent to an activating group) is 1. The Hall–Kier alpha value is -0.340. The lowest BCUT2D eigenvalue weighted by Gasteiger charge is -2.20. The van der Waals surface area contributed by atoms with E-state index in [1.54, 1.807) is 0 Å². The number of allylic oxidation sites excluding steroid dienone is 2. The molecule has 0 radical (unpaired) electrons. The molecule has 1 saturated carbocycles. The first-order valence-corrected chi connectivity index (χ1v) is 6.37. The van der Waals surface area contributed by atoms with Gasteiger partial charge in [0.25, 0.3) is 0 Å². The van der Waals surface area contributed by atoms with E-state index in [1.165, 1.54) is 25.9 Å². The fourth-order valence-corrected chi connectivity index (χ4v) is 2.84. The van der Waals surface area contributed by atoms with Crippen LogP contribution >= 0.6 is 0 Å². The molecule has 0 aliphatic heterocycles. The average Bonchev–Trinajstić information content (AvgIpc) is 2.85. The normalized spacial score (nSPS) is 33.1. The topological polar surface area (TPSA) is 15.3 Å². The van der Waals surface area contributed by atoms with Gasteiger partial charge >= 0.3 is 0 Å². The number of hydrogen-bond acceptors (Lipinski definition) is 2. The largest absolute Gasteiger partial charge is 0.315 e. The summed E-state index contributed by atoms with van der Waals surface area (Å²) in [5.74, 6) is 2.73. The van der Waals surface area contributed by atoms with Gasteiger partial charge < -0.3 is 10.2 Å². The Bertz CT molecular complexity index is 225. The summed E-state index contributed by atoms with van der Waals surface area (Å²) in [6.07, 6.45) is 7.73. The maximum atomic E-state index is 3.60. The molecule has 2 aliphatic carbocycles. The Labute approximate surface area is 93.7 Å². The van der Waals surface area contributed by atoms with Crippen LogP contribution in [0.5, 0.6) is 0 Å². The minimum atomic E-state index is 0.895. The van der Waals surface area contributed by atoms with E-state index in [9.17, 15) is 0 Å². The fourth-order valence-electron chi connectivity index (χ4n) is 2.84. The van der Waals surface area contributed by atoms with Crippen molar-refractivity contribution < 1.29 is 0 Å². The summed E-state index contributed by atoms with van der Waals surface area (Å²) in [5, 5.41) is 3.60. The lowest BCUT2D eigenvalue weighted by Crippen LogP contribution is -2.32. The minimum absolute atomic E-state index is 0.895. The summed E-state index contributed by atoms with van der Waals surface area (Å²) in [7, 11) is 2.18. The summed E-state index contributed by atoms with van der Waals surface area (Å²) in [5.41, 5.74) is 0. The first-order valence-electron chi connectivity index (χ1n) is 6.37. The van der Waals surface area contributed by atoms with E-state index in [2.05, 4.69) is 36.3 Å². The van der Waals surface area contributed by atoms with E-state index in [4.69, 9.17) is 0 Å². The second-order valence-electron chi connectivity index (χ2n) is 5.14. The lowest BCUT2D eigenvalue weighted by molar-refractivity contribution is 0.335. The van der Waals surface area contributed by atoms with Gasteiger partial charge in [-0.15, -0.1) is 0 Å². The van der Waals surface area contributed by atoms with Crippen LogP contribution in [0.4, 0.5) is 0 Å². The molecule has 15 heavy (non-hydrogen) atoms. The zero-order valence-electron chi connectivity index (χ0n) is 10.1. The second kappa shape index (κ2) is 5.13. The summed E-state index contributed by atoms with van der Waals surface area (Å²) >= 11 is 0. The van der Waals surface area contributed by atoms with Gasteiger partial charge in [-0.2, -0.15) is 0 Å². The van der Waals surface area contributed by atoms with Gasteiger partial charge in [0, 0.05) is 13.1 Å². The van der Waals surface area contributed by atoms with E-state index >= 15 is 0 Å². The van der Waals surface area contributed by atoms with Gasteiger partial charge in [-0.1, -0.05) is 19.1 Å². The molecule has 2 aliphatic rings. The van der Waals surface area contributed by atoms with Crippen LogP contribution in [-0.2, 0) is 0 Å². The number of fused-ring (bicyclic) bond motifs is 2. The molecular weight excluding hydrogens is 184 g/mol. The molecule has 2 heteroatoms. The molecule has 0 aromatic heterocycles. The van der Waals surface area contributed by atoms with Gasteiger partial charge in [0.1, 0.15) is 0 Å². The van der Waals surface area contributed by atoms with Crippen molar-refractivity contribution in [2.24, 2.45) is 17.8 Å². The molecule has 1 N–H and O–H groups in total. The Morgan fingerprint density at radius 3 is 2.80 bits per heavy atom. The third-order valence-corrected chi connectivity index (χ3v) is 4.03. The lowest BCUT2D eigenvalue weighted by atomic mass is 9.94. The quantitative estimate of drug-likeness (QED) is 0.528. The molecule has 2 bridgehead atoms. The number of nitrogens with one attached hydrogen (secondary N) is 1. The smallest absolute Gasteiger partial charge is 0.0104 e. The predicted octanol–water partition coefficient (Wildman–Crippen LogP) is 1.74. The SMILES string of the molecule is CCN(C)CCNCC1CC2C=CC1C2. The highest BCUT2D eigenvalue weighted by molar-refractivity contribution is 5.10. The third-order valence-electron chi connectivity index (χ3n) is 4.03. The molecule has 2 nitrogen and oxygen atoms in total. The van der Waals surface area contributed by atoms with Gasteiger partial charge in [0.15, 0.2) is 0 Å². The van der Waals surface area contributed by atoms with Gasteiger partial charge in [-0.05, 0) is 50.7 Å². The highest BCUT2D eigenvalue weighted by atomic mass is 15.1. The minimum Gasteiger partial charge on any atom is -0.315 e. The van der Waals surface area contributed by atoms with Crippen LogP contribution < -0.4 is 5.32 Å². The molecule has 0 aromatic carbocycles. The maximum absolute atomic E-state index is 3.60. The zero-order valence-corrected chi connectivity index (χ0v) is 10.1. The Balaban J connectivity index is 1.57. The van der Waals surface area contributed by atoms with Crippen molar-refractivity contribution in [1.82, 2.24) is 10.2 Å². The summed E-state index contributed by atoms with van der Waals surface area (Å²) in [6, 6.07) is 0. The molecule has 3 atom stereocenters. The van der Waals surface area contributed by atoms with E-state index in [1.807, 2.05) is 0 Å². The van der Waals surface area contributed by atoms with Crippen molar-refractivity contribution >= 4 is 0 Å². The molecule has 86 valence electrons. The van der Waals surface area contributed by atoms with Crippen LogP contribution in [0.2, 0.25) is 0 Å². The third kappa shape index (κ3) is 2.82. The van der Waals surface area contributed by atoms with Crippen LogP contribution in [-0.4, -0.2) is 38.1 Å². The van der Waals surface area contributed by atoms with Crippen molar-refractivity contribution in [2.75, 3.05) is 33.2 Å². The van der Waals surface area contributed by atoms with Crippen LogP contribution in [0.25, 0.3) is 0 Å². The summed E-state index contributed by atoms with van der Waals surface area (Å²) in [6.45, 7) is 6.90. The Kier molecular flexibility index (Phi) is 3.81. The molecule has 3 unspecified atom stereocenters. The van der Waals surface area contributed by atoms with Gasteiger partial charge in [0.2, 0.25) is 0 Å². The molecule has 0 amide bonds. The van der Waals surface area contributed by atoms with Gasteiger partial charge in [0.05, 0.1) is 0 Å². The number of rotatable bonds is 6. The maximum Gasteiger partial charge on any atom is 0.0104 e. The van der Waals surface area contributed by atoms with E-state index in [0.29, 0.717) is 0 Å². The molecule has 0 spiro atoms. The number of hydrogen-bond donors (Lipinski definition) is 1. The highest BCUT2D eigenvalue weighted by Crippen LogP contribution is 2.42. The van der Waals surface area contributed by atoms with Crippen LogP contribution in [0, 0.1) is 17.8 Å². The van der Waals surface area contributed by atoms with Crippen molar-refractivity contribution in [1.29, 1.82) is 0 Å². The Morgan fingerprint density at radius 2 is 2.20 bits per heavy atom. The average molecular weight is 208 g/mol. The Morgan fingerprint density at radius 1 is 1.33 bits per heavy atom. The fraction of sp³-hybridized carbons (Fsp3) is 0.846. The molecule has 0 heterocycles. The second-order valence-corrected chi connectivity index (χ2v) is 5.14. The summed E-state index contributed by atoms with van der Waals surface area (Å²) < 4.78 is 0. The number of nitrogens with zero attached hydrogens (tertiary/aromatic N) is 1. The molecule has 0 saturated heterocycles. The molecule has 1 fully saturated rings. The molecule has 2 rings (SSSR count). The van der Waals surface area contributed by atoms with Crippen LogP contribution in [0.3, 0.4) is 0 Å². The zero-order chi connectivity index (χ0) is 10.7. The molecule has 0 aromatic rings. The van der Waals surface area contributed by atoms with Crippen molar-refractivity contribution in [3.8, 4) is 0 Å². The van der Waals surface area contributed by atoms with Crippen molar-refractivity contribution in [3.05, 3.63) is 12.2 Å². The predicted molar refractivity (Wildman–Crippen MR) is 64.9 cm³/mol. The van der Waals surface area contributed by atoms with E-state index in [-0.39, 0.29) is 0 Å². The van der Waals surface area contributed by atoms with Gasteiger partial charge in [-0.25, -0.2) is 0 Å².